The number of hydrogen-bond donors (Lipinski definition) is 7. The van der Waals surface area contributed by atoms with Crippen molar-refractivity contribution < 1.29 is 14.7 Å². The van der Waals surface area contributed by atoms with Gasteiger partial charge in [-0.25, -0.2) is 14.8 Å². The molecule has 0 bridgehead atoms. The second-order valence-electron chi connectivity index (χ2n) is 21.2. The molecule has 5 atom stereocenters. The van der Waals surface area contributed by atoms with Crippen molar-refractivity contribution in [3.63, 3.8) is 0 Å². The molecule has 11 rings (SSSR count). The Bertz CT molecular complexity index is 3290. The van der Waals surface area contributed by atoms with E-state index >= 15 is 0 Å². The van der Waals surface area contributed by atoms with Crippen LogP contribution < -0.4 is 26.4 Å². The minimum absolute atomic E-state index is 0.0363. The number of imidazole rings is 2. The van der Waals surface area contributed by atoms with Gasteiger partial charge < -0.3 is 45.8 Å². The maximum Gasteiger partial charge on any atom is 0.407 e. The largest absolute Gasteiger partial charge is 0.465 e. The van der Waals surface area contributed by atoms with Crippen molar-refractivity contribution in [1.82, 2.24) is 40.5 Å². The summed E-state index contributed by atoms with van der Waals surface area (Å²) in [5.74, 6) is 0.551. The van der Waals surface area contributed by atoms with Gasteiger partial charge in [0.2, 0.25) is 5.91 Å². The van der Waals surface area contributed by atoms with Gasteiger partial charge in [0.1, 0.15) is 23.1 Å². The summed E-state index contributed by atoms with van der Waals surface area (Å²) in [7, 11) is 0. The van der Waals surface area contributed by atoms with E-state index in [1.54, 1.807) is 4.90 Å². The first-order valence-electron chi connectivity index (χ1n) is 25.4. The number of pyridine rings is 1. The van der Waals surface area contributed by atoms with Crippen molar-refractivity contribution in [3.05, 3.63) is 153 Å². The number of piperidine rings is 2. The summed E-state index contributed by atoms with van der Waals surface area (Å²) in [6.07, 6.45) is 2.87. The number of carboxylic acid groups (broad SMARTS) is 1. The number of amides is 2. The number of nitrogens with one attached hydrogen (secondary N) is 6. The van der Waals surface area contributed by atoms with Crippen LogP contribution in [0, 0.1) is 33.1 Å². The van der Waals surface area contributed by atoms with Crippen LogP contribution in [-0.2, 0) is 11.3 Å². The van der Waals surface area contributed by atoms with Crippen LogP contribution >= 0.6 is 0 Å². The fourth-order valence-electron chi connectivity index (χ4n) is 11.3. The number of aromatic nitrogens is 5. The van der Waals surface area contributed by atoms with E-state index in [-0.39, 0.29) is 35.0 Å². The molecule has 2 fully saturated rings. The number of fused-ring (bicyclic) bond motifs is 4. The average Bonchev–Trinajstić information content (AvgIpc) is 3.96. The van der Waals surface area contributed by atoms with E-state index < -0.39 is 18.1 Å². The number of hydrogen-bond acceptors (Lipinski definition) is 8. The number of aromatic amines is 3. The molecule has 0 aliphatic carbocycles. The highest BCUT2D eigenvalue weighted by atomic mass is 16.4. The Labute approximate surface area is 420 Å². The van der Waals surface area contributed by atoms with Crippen molar-refractivity contribution in [2.45, 2.75) is 111 Å². The Morgan fingerprint density at radius 1 is 0.764 bits per heavy atom. The molecule has 3 aromatic heterocycles. The number of benzene rings is 5. The van der Waals surface area contributed by atoms with Crippen LogP contribution in [0.15, 0.2) is 108 Å². The Morgan fingerprint density at radius 3 is 2.14 bits per heavy atom. The smallest absolute Gasteiger partial charge is 0.407 e. The van der Waals surface area contributed by atoms with Gasteiger partial charge in [-0.05, 0) is 135 Å². The molecule has 6 heterocycles. The van der Waals surface area contributed by atoms with E-state index in [1.165, 1.54) is 11.1 Å². The summed E-state index contributed by atoms with van der Waals surface area (Å²) < 4.78 is 0. The number of para-hydroxylation sites is 2. The van der Waals surface area contributed by atoms with Crippen molar-refractivity contribution >= 4 is 56.3 Å². The van der Waals surface area contributed by atoms with Crippen LogP contribution in [0.25, 0.3) is 44.4 Å². The molecule has 0 saturated carbocycles. The van der Waals surface area contributed by atoms with E-state index in [1.807, 2.05) is 77.7 Å². The van der Waals surface area contributed by atoms with E-state index in [2.05, 4.69) is 110 Å². The maximum atomic E-state index is 14.7. The predicted molar refractivity (Wildman–Crippen MR) is 288 cm³/mol. The van der Waals surface area contributed by atoms with Crippen LogP contribution in [-0.4, -0.2) is 84.7 Å². The third-order valence-electron chi connectivity index (χ3n) is 15.1. The van der Waals surface area contributed by atoms with Crippen molar-refractivity contribution in [3.8, 4) is 11.4 Å². The molecule has 2 amide bonds. The number of carbonyl (C=O) groups is 2. The lowest BCUT2D eigenvalue weighted by molar-refractivity contribution is -0.121. The first-order chi connectivity index (χ1) is 34.6. The van der Waals surface area contributed by atoms with Gasteiger partial charge in [-0.3, -0.25) is 9.59 Å². The molecule has 0 spiro atoms. The molecule has 14 heteroatoms. The molecular formula is C58H66N10O4. The molecular weight excluding hydrogens is 901 g/mol. The van der Waals surface area contributed by atoms with Gasteiger partial charge in [-0.15, -0.1) is 0 Å². The summed E-state index contributed by atoms with van der Waals surface area (Å²) in [5.41, 5.74) is 13.0. The number of H-pyrrole nitrogens is 3. The molecule has 372 valence electrons. The lowest BCUT2D eigenvalue weighted by Gasteiger charge is -2.49. The van der Waals surface area contributed by atoms with Gasteiger partial charge in [0, 0.05) is 36.2 Å². The number of rotatable bonds is 8. The monoisotopic (exact) mass is 967 g/mol. The minimum Gasteiger partial charge on any atom is -0.465 e. The van der Waals surface area contributed by atoms with Gasteiger partial charge in [0.15, 0.2) is 0 Å². The summed E-state index contributed by atoms with van der Waals surface area (Å²) in [5, 5.41) is 22.1. The van der Waals surface area contributed by atoms with E-state index in [9.17, 15) is 19.5 Å². The molecule has 72 heavy (non-hydrogen) atoms. The molecule has 0 radical (unpaired) electrons. The van der Waals surface area contributed by atoms with E-state index in [0.29, 0.717) is 30.3 Å². The van der Waals surface area contributed by atoms with Crippen LogP contribution in [0.2, 0.25) is 0 Å². The fraction of sp³-hybridized carbons (Fsp3) is 0.362. The molecule has 7 N–H and O–H groups in total. The second kappa shape index (κ2) is 19.7. The molecule has 3 aliphatic heterocycles. The molecule has 5 unspecified atom stereocenters. The third-order valence-corrected chi connectivity index (χ3v) is 15.1. The fourth-order valence-corrected chi connectivity index (χ4v) is 11.3. The molecule has 5 aromatic carbocycles. The Hall–Kier alpha value is -7.29. The molecule has 2 saturated heterocycles. The topological polar surface area (TPSA) is 187 Å². The van der Waals surface area contributed by atoms with Crippen LogP contribution in [0.5, 0.6) is 0 Å². The normalized spacial score (nSPS) is 20.4. The quantitative estimate of drug-likeness (QED) is 0.0778. The van der Waals surface area contributed by atoms with Gasteiger partial charge in [-0.1, -0.05) is 87.5 Å². The average molecular weight is 967 g/mol. The van der Waals surface area contributed by atoms with Crippen molar-refractivity contribution in [2.75, 3.05) is 29.9 Å². The van der Waals surface area contributed by atoms with Gasteiger partial charge in [0.05, 0.1) is 51.9 Å². The highest BCUT2D eigenvalue weighted by Crippen LogP contribution is 2.45. The van der Waals surface area contributed by atoms with Gasteiger partial charge in [0.25, 0.3) is 5.56 Å². The lowest BCUT2D eigenvalue weighted by Crippen LogP contribution is -2.62. The number of carbonyl (C=O) groups excluding carboxylic acids is 1. The number of aryl methyl sites for hydroxylation is 4. The standard InChI is InChI=1S/C35H41N5O3.C23H25N5O/c1-21-18-26-27(19-22(21)2)38-32(37-26)29-30(36-25-15-11-17-39(34(42)43)31(25)35(3,4)5)24-14-9-10-16-28(24)40(33(29)41)20-23-12-7-6-8-13-23;1-13-10-18-19(11-14(13)2)27-22(26-18)20-21(25-15-6-5-9-24-12-15)16-7-3-4-8-17(16)28-23(20)29/h6-10,12-14,16,18-19,25,29-31,36H,11,15,17,20H2,1-5H3,(H,37,38)(H,42,43);3-4,7-8,10-11,15,24H,5-6,9,12H2,1-2H3,(H,26,27)(H2,25,28,29). The molecule has 8 aromatic rings. The summed E-state index contributed by atoms with van der Waals surface area (Å²) >= 11 is 0. The second-order valence-corrected chi connectivity index (χ2v) is 21.2. The zero-order valence-electron chi connectivity index (χ0n) is 42.3. The van der Waals surface area contributed by atoms with E-state index in [4.69, 9.17) is 9.97 Å². The summed E-state index contributed by atoms with van der Waals surface area (Å²) in [6.45, 7) is 17.5. The maximum absolute atomic E-state index is 14.7. The van der Waals surface area contributed by atoms with Gasteiger partial charge in [-0.2, -0.15) is 0 Å². The minimum atomic E-state index is -0.903. The Morgan fingerprint density at radius 2 is 1.43 bits per heavy atom. The third kappa shape index (κ3) is 9.48. The highest BCUT2D eigenvalue weighted by molar-refractivity contribution is 6.02. The number of anilines is 2. The highest BCUT2D eigenvalue weighted by Gasteiger charge is 2.48. The molecule has 3 aliphatic rings. The first-order valence-corrected chi connectivity index (χ1v) is 25.4. The van der Waals surface area contributed by atoms with Crippen LogP contribution in [0.4, 0.5) is 16.2 Å². The van der Waals surface area contributed by atoms with Crippen molar-refractivity contribution in [1.29, 1.82) is 0 Å². The number of nitrogens with zero attached hydrogens (tertiary/aromatic N) is 4. The number of likely N-dealkylation sites (tertiary alicyclic amines) is 1. The SMILES string of the molecule is Cc1cc2nc(-c3c(NC4CCCNC4)c4ccccc4[nH]c3=O)[nH]c2cc1C.Cc1cc2nc(C3C(=O)N(Cc4ccccc4)c4ccccc4C3NC3CCCN(C(=O)O)C3C(C)(C)C)[nH]c2cc1C. The van der Waals surface area contributed by atoms with Gasteiger partial charge >= 0.3 is 6.09 Å². The molecule has 14 nitrogen and oxygen atoms in total. The summed E-state index contributed by atoms with van der Waals surface area (Å²) in [4.78, 5) is 63.4. The van der Waals surface area contributed by atoms with E-state index in [0.717, 1.165) is 105 Å². The first kappa shape index (κ1) is 48.3. The predicted octanol–water partition coefficient (Wildman–Crippen LogP) is 10.6. The van der Waals surface area contributed by atoms with Crippen LogP contribution in [0.1, 0.15) is 97.6 Å². The zero-order valence-corrected chi connectivity index (χ0v) is 42.3. The van der Waals surface area contributed by atoms with Crippen molar-refractivity contribution in [2.24, 2.45) is 5.41 Å². The van der Waals surface area contributed by atoms with Crippen LogP contribution in [0.3, 0.4) is 0 Å². The Balaban J connectivity index is 0.000000178. The lowest BCUT2D eigenvalue weighted by atomic mass is 9.76. The zero-order chi connectivity index (χ0) is 50.4. The summed E-state index contributed by atoms with van der Waals surface area (Å²) in [6, 6.07) is 33.8. The Kier molecular flexibility index (Phi) is 13.2.